The molecule has 1 aromatic heterocycles. The first-order chi connectivity index (χ1) is 14.3. The maximum Gasteiger partial charge on any atom is 0.416 e. The van der Waals surface area contributed by atoms with Gasteiger partial charge in [-0.05, 0) is 36.4 Å². The quantitative estimate of drug-likeness (QED) is 0.703. The van der Waals surface area contributed by atoms with E-state index in [1.54, 1.807) is 12.4 Å². The number of rotatable bonds is 3. The van der Waals surface area contributed by atoms with Gasteiger partial charge < -0.3 is 14.7 Å². The van der Waals surface area contributed by atoms with E-state index < -0.39 is 29.9 Å². The minimum Gasteiger partial charge on any atom is -0.487 e. The molecule has 2 atom stereocenters. The van der Waals surface area contributed by atoms with Gasteiger partial charge in [0.2, 0.25) is 0 Å². The topological polar surface area (TPSA) is 62.7 Å². The highest BCUT2D eigenvalue weighted by Crippen LogP contribution is 2.30. The maximum atomic E-state index is 12.7. The second kappa shape index (κ2) is 7.95. The molecule has 1 amide bonds. The fourth-order valence-corrected chi connectivity index (χ4v) is 3.58. The summed E-state index contributed by atoms with van der Waals surface area (Å²) in [5.74, 6) is 0.207. The normalized spacial score (nSPS) is 19.7. The molecule has 2 aromatic carbocycles. The number of amides is 1. The molecular formula is C22H19F3N2O3. The third kappa shape index (κ3) is 4.09. The highest BCUT2D eigenvalue weighted by Gasteiger charge is 2.33. The van der Waals surface area contributed by atoms with Crippen molar-refractivity contribution in [1.29, 1.82) is 0 Å². The van der Waals surface area contributed by atoms with Crippen molar-refractivity contribution < 1.29 is 27.8 Å². The van der Waals surface area contributed by atoms with Gasteiger partial charge in [0.1, 0.15) is 18.0 Å². The standard InChI is InChI=1S/C22H19F3N2O3/c23-22(24,25)16-6-4-14(5-7-16)21(29)27-11-9-20(18(28)13-27)30-19-3-1-2-15-12-26-10-8-17(15)19/h1-8,10,12,18,20,28H,9,11,13H2/t18-,20-/m1/s1. The average Bonchev–Trinajstić information content (AvgIpc) is 2.74. The molecule has 1 aliphatic rings. The Morgan fingerprint density at radius 2 is 1.90 bits per heavy atom. The lowest BCUT2D eigenvalue weighted by atomic mass is 10.0. The summed E-state index contributed by atoms with van der Waals surface area (Å²) in [6.45, 7) is 0.366. The lowest BCUT2D eigenvalue weighted by Gasteiger charge is -2.36. The van der Waals surface area contributed by atoms with Crippen LogP contribution in [-0.2, 0) is 6.18 Å². The number of hydrogen-bond donors (Lipinski definition) is 1. The molecule has 4 rings (SSSR count). The summed E-state index contributed by atoms with van der Waals surface area (Å²) in [5, 5.41) is 12.3. The Balaban J connectivity index is 1.43. The Kier molecular flexibility index (Phi) is 5.34. The Morgan fingerprint density at radius 3 is 2.60 bits per heavy atom. The number of likely N-dealkylation sites (tertiary alicyclic amines) is 1. The van der Waals surface area contributed by atoms with E-state index in [0.29, 0.717) is 18.7 Å². The molecule has 1 N–H and O–H groups in total. The molecule has 0 unspecified atom stereocenters. The predicted molar refractivity (Wildman–Crippen MR) is 104 cm³/mol. The first-order valence-corrected chi connectivity index (χ1v) is 9.47. The van der Waals surface area contributed by atoms with Gasteiger partial charge in [-0.25, -0.2) is 0 Å². The van der Waals surface area contributed by atoms with Crippen molar-refractivity contribution in [2.75, 3.05) is 13.1 Å². The lowest BCUT2D eigenvalue weighted by Crippen LogP contribution is -2.51. The van der Waals surface area contributed by atoms with Gasteiger partial charge in [0.05, 0.1) is 12.1 Å². The molecule has 1 aliphatic heterocycles. The van der Waals surface area contributed by atoms with Crippen molar-refractivity contribution in [1.82, 2.24) is 9.88 Å². The third-order valence-electron chi connectivity index (χ3n) is 5.19. The van der Waals surface area contributed by atoms with Crippen LogP contribution in [0, 0.1) is 0 Å². The van der Waals surface area contributed by atoms with Crippen molar-refractivity contribution in [3.05, 3.63) is 72.1 Å². The largest absolute Gasteiger partial charge is 0.487 e. The first kappa shape index (κ1) is 20.2. The van der Waals surface area contributed by atoms with Crippen LogP contribution in [0.15, 0.2) is 60.9 Å². The summed E-state index contributed by atoms with van der Waals surface area (Å²) in [6, 6.07) is 11.5. The first-order valence-electron chi connectivity index (χ1n) is 9.47. The number of hydrogen-bond acceptors (Lipinski definition) is 4. The maximum absolute atomic E-state index is 12.7. The van der Waals surface area contributed by atoms with E-state index in [2.05, 4.69) is 4.98 Å². The van der Waals surface area contributed by atoms with Crippen molar-refractivity contribution >= 4 is 16.7 Å². The van der Waals surface area contributed by atoms with Crippen molar-refractivity contribution in [2.24, 2.45) is 0 Å². The number of carbonyl (C=O) groups excluding carboxylic acids is 1. The number of nitrogens with zero attached hydrogens (tertiary/aromatic N) is 2. The smallest absolute Gasteiger partial charge is 0.416 e. The van der Waals surface area contributed by atoms with E-state index in [1.807, 2.05) is 24.3 Å². The summed E-state index contributed by atoms with van der Waals surface area (Å²) in [7, 11) is 0. The number of carbonyl (C=O) groups is 1. The predicted octanol–water partition coefficient (Wildman–Crippen LogP) is 3.91. The molecule has 30 heavy (non-hydrogen) atoms. The number of piperidine rings is 1. The molecule has 1 saturated heterocycles. The summed E-state index contributed by atoms with van der Waals surface area (Å²) >= 11 is 0. The van der Waals surface area contributed by atoms with Gasteiger partial charge in [-0.15, -0.1) is 0 Å². The molecule has 8 heteroatoms. The fraction of sp³-hybridized carbons (Fsp3) is 0.273. The summed E-state index contributed by atoms with van der Waals surface area (Å²) < 4.78 is 44.1. The SMILES string of the molecule is O=C(c1ccc(C(F)(F)F)cc1)N1CC[C@@H](Oc2cccc3cnccc23)[C@H](O)C1. The van der Waals surface area contributed by atoms with Crippen LogP contribution in [-0.4, -0.2) is 46.2 Å². The number of aromatic nitrogens is 1. The Bertz CT molecular complexity index is 1050. The van der Waals surface area contributed by atoms with Crippen LogP contribution < -0.4 is 4.74 Å². The van der Waals surface area contributed by atoms with Crippen molar-refractivity contribution in [3.63, 3.8) is 0 Å². The fourth-order valence-electron chi connectivity index (χ4n) is 3.58. The molecule has 0 bridgehead atoms. The van der Waals surface area contributed by atoms with E-state index in [0.717, 1.165) is 35.0 Å². The molecule has 156 valence electrons. The number of fused-ring (bicyclic) bond motifs is 1. The molecule has 5 nitrogen and oxygen atoms in total. The van der Waals surface area contributed by atoms with Gasteiger partial charge in [-0.1, -0.05) is 12.1 Å². The Morgan fingerprint density at radius 1 is 1.13 bits per heavy atom. The van der Waals surface area contributed by atoms with Crippen LogP contribution in [0.1, 0.15) is 22.3 Å². The van der Waals surface area contributed by atoms with Crippen LogP contribution in [0.3, 0.4) is 0 Å². The van der Waals surface area contributed by atoms with Crippen LogP contribution >= 0.6 is 0 Å². The van der Waals surface area contributed by atoms with E-state index in [9.17, 15) is 23.1 Å². The zero-order chi connectivity index (χ0) is 21.3. The summed E-state index contributed by atoms with van der Waals surface area (Å²) in [4.78, 5) is 18.1. The molecular weight excluding hydrogens is 397 g/mol. The van der Waals surface area contributed by atoms with Gasteiger partial charge in [-0.2, -0.15) is 13.2 Å². The number of aliphatic hydroxyl groups excluding tert-OH is 1. The van der Waals surface area contributed by atoms with E-state index >= 15 is 0 Å². The minimum absolute atomic E-state index is 0.0385. The van der Waals surface area contributed by atoms with Crippen LogP contribution in [0.2, 0.25) is 0 Å². The lowest BCUT2D eigenvalue weighted by molar-refractivity contribution is -0.137. The van der Waals surface area contributed by atoms with Crippen molar-refractivity contribution in [2.45, 2.75) is 24.8 Å². The van der Waals surface area contributed by atoms with E-state index in [1.165, 1.54) is 4.90 Å². The van der Waals surface area contributed by atoms with Crippen LogP contribution in [0.25, 0.3) is 10.8 Å². The second-order valence-corrected chi connectivity index (χ2v) is 7.19. The minimum atomic E-state index is -4.45. The molecule has 0 aliphatic carbocycles. The average molecular weight is 416 g/mol. The zero-order valence-electron chi connectivity index (χ0n) is 15.8. The molecule has 0 saturated carbocycles. The van der Waals surface area contributed by atoms with Gasteiger partial charge in [-0.3, -0.25) is 9.78 Å². The van der Waals surface area contributed by atoms with Gasteiger partial charge >= 0.3 is 6.18 Å². The van der Waals surface area contributed by atoms with Crippen LogP contribution in [0.5, 0.6) is 5.75 Å². The van der Waals surface area contributed by atoms with Gasteiger partial charge in [0.15, 0.2) is 0 Å². The van der Waals surface area contributed by atoms with Gasteiger partial charge in [0, 0.05) is 41.7 Å². The summed E-state index contributed by atoms with van der Waals surface area (Å²) in [5.41, 5.74) is -0.660. The number of aliphatic hydroxyl groups is 1. The number of pyridine rings is 1. The van der Waals surface area contributed by atoms with E-state index in [-0.39, 0.29) is 12.1 Å². The van der Waals surface area contributed by atoms with Gasteiger partial charge in [0.25, 0.3) is 5.91 Å². The summed E-state index contributed by atoms with van der Waals surface area (Å²) in [6.07, 6.45) is -2.09. The molecule has 0 spiro atoms. The molecule has 1 fully saturated rings. The third-order valence-corrected chi connectivity index (χ3v) is 5.19. The molecule has 3 aromatic rings. The monoisotopic (exact) mass is 416 g/mol. The number of halogens is 3. The number of ether oxygens (including phenoxy) is 1. The highest BCUT2D eigenvalue weighted by molar-refractivity contribution is 5.94. The number of benzene rings is 2. The van der Waals surface area contributed by atoms with E-state index in [4.69, 9.17) is 4.74 Å². The number of alkyl halides is 3. The highest BCUT2D eigenvalue weighted by atomic mass is 19.4. The Hall–Kier alpha value is -3.13. The Labute approximate surface area is 170 Å². The number of β-amino-alcohol motifs (C(OH)–C–C–N with tert-alkyl or cyclic N) is 1. The second-order valence-electron chi connectivity index (χ2n) is 7.19. The zero-order valence-corrected chi connectivity index (χ0v) is 15.8. The van der Waals surface area contributed by atoms with Crippen LogP contribution in [0.4, 0.5) is 13.2 Å². The van der Waals surface area contributed by atoms with Crippen molar-refractivity contribution in [3.8, 4) is 5.75 Å². The molecule has 2 heterocycles. The molecule has 0 radical (unpaired) electrons.